The Hall–Kier alpha value is -2.06. The van der Waals surface area contributed by atoms with Gasteiger partial charge in [0.1, 0.15) is 10.0 Å². The van der Waals surface area contributed by atoms with Gasteiger partial charge in [-0.25, -0.2) is 18.3 Å². The van der Waals surface area contributed by atoms with Crippen molar-refractivity contribution in [1.82, 2.24) is 19.9 Å². The lowest BCUT2D eigenvalue weighted by Crippen LogP contribution is -2.49. The molecular weight excluding hydrogens is 382 g/mol. The van der Waals surface area contributed by atoms with E-state index in [0.29, 0.717) is 28.4 Å². The molecule has 1 fully saturated rings. The molecule has 0 bridgehead atoms. The molecule has 0 aromatic carbocycles. The average molecular weight is 397 g/mol. The van der Waals surface area contributed by atoms with E-state index in [2.05, 4.69) is 15.4 Å². The standard InChI is InChI=1S/C17H15ClF2N4OS/c18-14-13(10-9-21-24-8-4-2-5-11(10)24)23-16(26-14)15(25)22-12-6-1-3-7-17(12,19)20/h2,4-5,8-9,12H,1,3,6-7H2,(H,22,25)/t12-/m1/s1. The highest BCUT2D eigenvalue weighted by molar-refractivity contribution is 7.18. The van der Waals surface area contributed by atoms with Crippen LogP contribution < -0.4 is 5.32 Å². The van der Waals surface area contributed by atoms with Gasteiger partial charge in [0.25, 0.3) is 11.8 Å². The molecule has 3 aromatic heterocycles. The summed E-state index contributed by atoms with van der Waals surface area (Å²) in [6.07, 6.45) is 4.61. The van der Waals surface area contributed by atoms with Crippen LogP contribution in [0.1, 0.15) is 35.5 Å². The maximum Gasteiger partial charge on any atom is 0.280 e. The zero-order valence-electron chi connectivity index (χ0n) is 13.6. The van der Waals surface area contributed by atoms with Crippen molar-refractivity contribution in [3.63, 3.8) is 0 Å². The SMILES string of the molecule is O=C(N[C@@H]1CCCCC1(F)F)c1nc(-c2cnn3ccccc23)c(Cl)s1. The van der Waals surface area contributed by atoms with Crippen LogP contribution in [0.25, 0.3) is 16.8 Å². The van der Waals surface area contributed by atoms with Gasteiger partial charge in [0.2, 0.25) is 0 Å². The Bertz CT molecular complexity index is 971. The van der Waals surface area contributed by atoms with Gasteiger partial charge in [-0.1, -0.05) is 35.4 Å². The largest absolute Gasteiger partial charge is 0.341 e. The molecular formula is C17H15ClF2N4OS. The van der Waals surface area contributed by atoms with Crippen molar-refractivity contribution in [2.24, 2.45) is 0 Å². The molecule has 136 valence electrons. The summed E-state index contributed by atoms with van der Waals surface area (Å²) in [5.41, 5.74) is 1.91. The predicted molar refractivity (Wildman–Crippen MR) is 96.0 cm³/mol. The maximum atomic E-state index is 14.0. The summed E-state index contributed by atoms with van der Waals surface area (Å²) in [6, 6.07) is 4.40. The van der Waals surface area contributed by atoms with Gasteiger partial charge in [0, 0.05) is 18.2 Å². The minimum atomic E-state index is -2.89. The minimum absolute atomic E-state index is 0.0710. The molecule has 5 nitrogen and oxygen atoms in total. The van der Waals surface area contributed by atoms with Gasteiger partial charge in [0.05, 0.1) is 17.8 Å². The molecule has 0 spiro atoms. The number of thiazole rings is 1. The number of alkyl halides is 2. The molecule has 1 atom stereocenters. The van der Waals surface area contributed by atoms with E-state index >= 15 is 0 Å². The zero-order chi connectivity index (χ0) is 18.3. The number of carbonyl (C=O) groups excluding carboxylic acids is 1. The quantitative estimate of drug-likeness (QED) is 0.713. The topological polar surface area (TPSA) is 59.3 Å². The lowest BCUT2D eigenvalue weighted by atomic mass is 9.91. The fraction of sp³-hybridized carbons (Fsp3) is 0.353. The van der Waals surface area contributed by atoms with Gasteiger partial charge < -0.3 is 5.32 Å². The smallest absolute Gasteiger partial charge is 0.280 e. The van der Waals surface area contributed by atoms with Crippen LogP contribution in [0.5, 0.6) is 0 Å². The van der Waals surface area contributed by atoms with Crippen LogP contribution in [-0.4, -0.2) is 32.5 Å². The zero-order valence-corrected chi connectivity index (χ0v) is 15.2. The summed E-state index contributed by atoms with van der Waals surface area (Å²) < 4.78 is 29.9. The Labute approximate surface area is 157 Å². The average Bonchev–Trinajstić information content (AvgIpc) is 3.20. The van der Waals surface area contributed by atoms with Crippen LogP contribution in [0.15, 0.2) is 30.6 Å². The van der Waals surface area contributed by atoms with E-state index in [9.17, 15) is 13.6 Å². The highest BCUT2D eigenvalue weighted by atomic mass is 35.5. The Morgan fingerprint density at radius 3 is 3.04 bits per heavy atom. The fourth-order valence-electron chi connectivity index (χ4n) is 3.17. The predicted octanol–water partition coefficient (Wildman–Crippen LogP) is 4.42. The maximum absolute atomic E-state index is 14.0. The first kappa shape index (κ1) is 17.4. The third-order valence-electron chi connectivity index (χ3n) is 4.53. The number of amides is 1. The molecule has 4 rings (SSSR count). The lowest BCUT2D eigenvalue weighted by molar-refractivity contribution is -0.0609. The molecule has 3 aromatic rings. The van der Waals surface area contributed by atoms with Crippen molar-refractivity contribution in [3.05, 3.63) is 39.9 Å². The minimum Gasteiger partial charge on any atom is -0.341 e. The van der Waals surface area contributed by atoms with Crippen LogP contribution in [0.4, 0.5) is 8.78 Å². The van der Waals surface area contributed by atoms with Crippen molar-refractivity contribution >= 4 is 34.4 Å². The van der Waals surface area contributed by atoms with E-state index in [1.165, 1.54) is 0 Å². The van der Waals surface area contributed by atoms with Crippen LogP contribution in [0, 0.1) is 0 Å². The van der Waals surface area contributed by atoms with Gasteiger partial charge in [-0.05, 0) is 25.0 Å². The number of hydrogen-bond donors (Lipinski definition) is 1. The van der Waals surface area contributed by atoms with Gasteiger partial charge >= 0.3 is 0 Å². The number of carbonyl (C=O) groups is 1. The van der Waals surface area contributed by atoms with Crippen LogP contribution >= 0.6 is 22.9 Å². The summed E-state index contributed by atoms with van der Waals surface area (Å²) in [4.78, 5) is 16.7. The summed E-state index contributed by atoms with van der Waals surface area (Å²) in [5, 5.41) is 6.72. The van der Waals surface area contributed by atoms with Crippen LogP contribution in [0.2, 0.25) is 4.34 Å². The van der Waals surface area contributed by atoms with Gasteiger partial charge in [0.15, 0.2) is 5.01 Å². The van der Waals surface area contributed by atoms with Crippen LogP contribution in [-0.2, 0) is 0 Å². The number of halogens is 3. The molecule has 1 amide bonds. The number of pyridine rings is 1. The molecule has 1 aliphatic carbocycles. The monoisotopic (exact) mass is 396 g/mol. The molecule has 3 heterocycles. The third kappa shape index (κ3) is 3.07. The Balaban J connectivity index is 1.61. The van der Waals surface area contributed by atoms with E-state index in [1.807, 2.05) is 18.2 Å². The van der Waals surface area contributed by atoms with E-state index in [-0.39, 0.29) is 17.8 Å². The number of aromatic nitrogens is 3. The molecule has 0 unspecified atom stereocenters. The van der Waals surface area contributed by atoms with E-state index < -0.39 is 17.9 Å². The Morgan fingerprint density at radius 2 is 2.23 bits per heavy atom. The van der Waals surface area contributed by atoms with Crippen molar-refractivity contribution in [2.75, 3.05) is 0 Å². The number of fused-ring (bicyclic) bond motifs is 1. The first-order chi connectivity index (χ1) is 12.5. The fourth-order valence-corrected chi connectivity index (χ4v) is 4.25. The van der Waals surface area contributed by atoms with Crippen molar-refractivity contribution in [2.45, 2.75) is 37.6 Å². The molecule has 1 N–H and O–H groups in total. The van der Waals surface area contributed by atoms with Crippen molar-refractivity contribution in [3.8, 4) is 11.3 Å². The summed E-state index contributed by atoms with van der Waals surface area (Å²) in [6.45, 7) is 0. The highest BCUT2D eigenvalue weighted by Crippen LogP contribution is 2.36. The molecule has 26 heavy (non-hydrogen) atoms. The summed E-state index contributed by atoms with van der Waals surface area (Å²) in [7, 11) is 0. The lowest BCUT2D eigenvalue weighted by Gasteiger charge is -2.31. The first-order valence-corrected chi connectivity index (χ1v) is 9.43. The van der Waals surface area contributed by atoms with E-state index in [4.69, 9.17) is 11.6 Å². The second-order valence-electron chi connectivity index (χ2n) is 6.26. The van der Waals surface area contributed by atoms with Gasteiger partial charge in [-0.2, -0.15) is 5.10 Å². The Kier molecular flexibility index (Phi) is 4.40. The van der Waals surface area contributed by atoms with E-state index in [1.54, 1.807) is 16.9 Å². The van der Waals surface area contributed by atoms with E-state index in [0.717, 1.165) is 16.9 Å². The number of nitrogens with zero attached hydrogens (tertiary/aromatic N) is 3. The van der Waals surface area contributed by atoms with Gasteiger partial charge in [-0.3, -0.25) is 4.79 Å². The molecule has 9 heteroatoms. The molecule has 0 aliphatic heterocycles. The van der Waals surface area contributed by atoms with Crippen molar-refractivity contribution < 1.29 is 13.6 Å². The molecule has 1 saturated carbocycles. The second-order valence-corrected chi connectivity index (χ2v) is 7.86. The molecule has 0 saturated heterocycles. The highest BCUT2D eigenvalue weighted by Gasteiger charge is 2.42. The third-order valence-corrected chi connectivity index (χ3v) is 5.78. The summed E-state index contributed by atoms with van der Waals surface area (Å²) >= 11 is 7.25. The first-order valence-electron chi connectivity index (χ1n) is 8.23. The number of nitrogens with one attached hydrogen (secondary N) is 1. The number of rotatable bonds is 3. The molecule has 1 aliphatic rings. The molecule has 0 radical (unpaired) electrons. The normalized spacial score (nSPS) is 19.6. The summed E-state index contributed by atoms with van der Waals surface area (Å²) in [5.74, 6) is -3.51. The van der Waals surface area contributed by atoms with Gasteiger partial charge in [-0.15, -0.1) is 0 Å². The van der Waals surface area contributed by atoms with Crippen LogP contribution in [0.3, 0.4) is 0 Å². The van der Waals surface area contributed by atoms with Crippen molar-refractivity contribution in [1.29, 1.82) is 0 Å². The number of hydrogen-bond acceptors (Lipinski definition) is 4. The second kappa shape index (κ2) is 6.59. The Morgan fingerprint density at radius 1 is 1.38 bits per heavy atom.